The first kappa shape index (κ1) is 19.9. The van der Waals surface area contributed by atoms with Gasteiger partial charge in [0.25, 0.3) is 0 Å². The normalized spacial score (nSPS) is 16.0. The number of nitrogens with zero attached hydrogens (tertiary/aromatic N) is 3. The van der Waals surface area contributed by atoms with Crippen LogP contribution in [0.3, 0.4) is 0 Å². The molecule has 2 rings (SSSR count). The molecule has 138 valence electrons. The van der Waals surface area contributed by atoms with E-state index in [2.05, 4.69) is 24.6 Å². The van der Waals surface area contributed by atoms with E-state index in [1.807, 2.05) is 6.92 Å². The summed E-state index contributed by atoms with van der Waals surface area (Å²) in [6.45, 7) is 9.40. The predicted octanol–water partition coefficient (Wildman–Crippen LogP) is 3.09. The Bertz CT molecular complexity index is 636. The lowest BCUT2D eigenvalue weighted by molar-refractivity contribution is -0.123. The summed E-state index contributed by atoms with van der Waals surface area (Å²) in [5.41, 5.74) is 0.583. The van der Waals surface area contributed by atoms with Crippen LogP contribution in [0.2, 0.25) is 25.7 Å². The van der Waals surface area contributed by atoms with Crippen LogP contribution in [0.25, 0.3) is 0 Å². The van der Waals surface area contributed by atoms with Crippen LogP contribution >= 0.6 is 11.6 Å². The van der Waals surface area contributed by atoms with Gasteiger partial charge in [-0.25, -0.2) is 4.98 Å². The Morgan fingerprint density at radius 2 is 2.16 bits per heavy atom. The van der Waals surface area contributed by atoms with Gasteiger partial charge in [-0.1, -0.05) is 26.6 Å². The van der Waals surface area contributed by atoms with E-state index in [1.54, 1.807) is 23.2 Å². The molecule has 2 amide bonds. The number of aromatic nitrogens is 1. The van der Waals surface area contributed by atoms with E-state index in [-0.39, 0.29) is 25.1 Å². The van der Waals surface area contributed by atoms with Gasteiger partial charge >= 0.3 is 0 Å². The number of carbonyl (C=O) groups excluding carboxylic acids is 2. The minimum Gasteiger partial charge on any atom is -0.361 e. The largest absolute Gasteiger partial charge is 0.361 e. The molecule has 0 fully saturated rings. The Morgan fingerprint density at radius 1 is 1.44 bits per heavy atom. The third-order valence-corrected chi connectivity index (χ3v) is 6.22. The Labute approximate surface area is 155 Å². The van der Waals surface area contributed by atoms with Crippen LogP contribution in [-0.4, -0.2) is 50.1 Å². The molecule has 0 radical (unpaired) electrons. The summed E-state index contributed by atoms with van der Waals surface area (Å²) < 4.78 is 5.72. The number of carbonyl (C=O) groups is 2. The highest BCUT2D eigenvalue weighted by molar-refractivity contribution is 6.76. The summed E-state index contributed by atoms with van der Waals surface area (Å²) in [4.78, 5) is 32.2. The number of ether oxygens (including phenoxy) is 1. The summed E-state index contributed by atoms with van der Waals surface area (Å²) in [5.74, 6) is -0.0291. The van der Waals surface area contributed by atoms with Crippen molar-refractivity contribution in [1.29, 1.82) is 0 Å². The van der Waals surface area contributed by atoms with Gasteiger partial charge in [0.15, 0.2) is 5.82 Å². The molecular formula is C17H26ClN3O3Si. The molecule has 1 aromatic heterocycles. The van der Waals surface area contributed by atoms with Crippen molar-refractivity contribution in [2.24, 2.45) is 0 Å². The highest BCUT2D eigenvalue weighted by Crippen LogP contribution is 2.32. The first-order valence-corrected chi connectivity index (χ1v) is 12.7. The Morgan fingerprint density at radius 3 is 2.80 bits per heavy atom. The van der Waals surface area contributed by atoms with Crippen molar-refractivity contribution in [2.75, 3.05) is 29.7 Å². The molecule has 0 saturated heterocycles. The summed E-state index contributed by atoms with van der Waals surface area (Å²) >= 11 is 6.08. The van der Waals surface area contributed by atoms with Gasteiger partial charge < -0.3 is 4.74 Å². The van der Waals surface area contributed by atoms with Crippen molar-refractivity contribution in [3.63, 3.8) is 0 Å². The predicted molar refractivity (Wildman–Crippen MR) is 103 cm³/mol. The lowest BCUT2D eigenvalue weighted by Gasteiger charge is -2.35. The molecule has 1 aliphatic heterocycles. The number of hydrogen-bond donors (Lipinski definition) is 0. The van der Waals surface area contributed by atoms with Crippen molar-refractivity contribution in [1.82, 2.24) is 4.98 Å². The van der Waals surface area contributed by atoms with E-state index < -0.39 is 13.5 Å². The van der Waals surface area contributed by atoms with Gasteiger partial charge in [-0.15, -0.1) is 11.6 Å². The minimum absolute atomic E-state index is 0.0660. The van der Waals surface area contributed by atoms with E-state index in [9.17, 15) is 9.59 Å². The maximum Gasteiger partial charge on any atom is 0.249 e. The average molecular weight is 384 g/mol. The summed E-state index contributed by atoms with van der Waals surface area (Å²) in [6.07, 6.45) is 2.10. The number of fused-ring (bicyclic) bond motifs is 1. The fourth-order valence-corrected chi connectivity index (χ4v) is 3.31. The molecule has 8 heteroatoms. The number of alkyl halides is 1. The molecule has 0 aliphatic carbocycles. The van der Waals surface area contributed by atoms with Gasteiger partial charge in [0.1, 0.15) is 18.7 Å². The number of hydrogen-bond acceptors (Lipinski definition) is 4. The highest BCUT2D eigenvalue weighted by atomic mass is 35.5. The van der Waals surface area contributed by atoms with E-state index >= 15 is 0 Å². The standard InChI is InChI=1S/C17H26ClN3O3Si/c1-5-13(18)17(23)20-11-15(22)21(12-24-9-10-25(2,3)4)14-7-6-8-19-16(14)20/h6-8,13H,5,9-12H2,1-4H3. The molecule has 2 heterocycles. The minimum atomic E-state index is -1.18. The van der Waals surface area contributed by atoms with Gasteiger partial charge in [-0.2, -0.15) is 0 Å². The van der Waals surface area contributed by atoms with Gasteiger partial charge in [0.2, 0.25) is 11.8 Å². The second kappa shape index (κ2) is 8.29. The molecule has 1 aliphatic rings. The maximum absolute atomic E-state index is 12.6. The molecule has 0 spiro atoms. The number of halogens is 1. The highest BCUT2D eigenvalue weighted by Gasteiger charge is 2.35. The molecule has 0 saturated carbocycles. The second-order valence-electron chi connectivity index (χ2n) is 7.32. The molecule has 25 heavy (non-hydrogen) atoms. The van der Waals surface area contributed by atoms with Gasteiger partial charge in [0.05, 0.1) is 5.69 Å². The zero-order valence-electron chi connectivity index (χ0n) is 15.3. The number of amides is 2. The van der Waals surface area contributed by atoms with E-state index in [0.29, 0.717) is 24.5 Å². The Balaban J connectivity index is 2.15. The van der Waals surface area contributed by atoms with Gasteiger partial charge in [-0.05, 0) is 24.6 Å². The van der Waals surface area contributed by atoms with Crippen molar-refractivity contribution < 1.29 is 14.3 Å². The zero-order chi connectivity index (χ0) is 18.6. The molecule has 1 atom stereocenters. The third kappa shape index (κ3) is 5.02. The van der Waals surface area contributed by atoms with Gasteiger partial charge in [0, 0.05) is 20.9 Å². The van der Waals surface area contributed by atoms with Gasteiger partial charge in [-0.3, -0.25) is 19.4 Å². The van der Waals surface area contributed by atoms with Crippen LogP contribution in [0.1, 0.15) is 13.3 Å². The van der Waals surface area contributed by atoms with Crippen LogP contribution in [0.4, 0.5) is 11.5 Å². The monoisotopic (exact) mass is 383 g/mol. The summed E-state index contributed by atoms with van der Waals surface area (Å²) in [7, 11) is -1.18. The molecule has 0 N–H and O–H groups in total. The lowest BCUT2D eigenvalue weighted by Crippen LogP contribution is -2.51. The van der Waals surface area contributed by atoms with Crippen LogP contribution in [-0.2, 0) is 14.3 Å². The number of rotatable bonds is 7. The Kier molecular flexibility index (Phi) is 6.59. The molecule has 0 bridgehead atoms. The quantitative estimate of drug-likeness (QED) is 0.412. The molecule has 1 unspecified atom stereocenters. The smallest absolute Gasteiger partial charge is 0.249 e. The van der Waals surface area contributed by atoms with Crippen molar-refractivity contribution in [3.05, 3.63) is 18.3 Å². The van der Waals surface area contributed by atoms with Crippen molar-refractivity contribution >= 4 is 43.0 Å². The van der Waals surface area contributed by atoms with E-state index in [4.69, 9.17) is 16.3 Å². The third-order valence-electron chi connectivity index (χ3n) is 4.02. The van der Waals surface area contributed by atoms with Crippen molar-refractivity contribution in [3.8, 4) is 0 Å². The van der Waals surface area contributed by atoms with Crippen LogP contribution in [0, 0.1) is 0 Å². The maximum atomic E-state index is 12.6. The molecule has 0 aromatic carbocycles. The second-order valence-corrected chi connectivity index (χ2v) is 13.5. The summed E-state index contributed by atoms with van der Waals surface area (Å²) in [6, 6.07) is 4.55. The SMILES string of the molecule is CCC(Cl)C(=O)N1CC(=O)N(COCC[Si](C)(C)C)c2cccnc21. The summed E-state index contributed by atoms with van der Waals surface area (Å²) in [5, 5.41) is -0.665. The van der Waals surface area contributed by atoms with E-state index in [1.165, 1.54) is 4.90 Å². The van der Waals surface area contributed by atoms with Crippen LogP contribution in [0.5, 0.6) is 0 Å². The first-order chi connectivity index (χ1) is 11.7. The zero-order valence-corrected chi connectivity index (χ0v) is 17.0. The van der Waals surface area contributed by atoms with E-state index in [0.717, 1.165) is 6.04 Å². The van der Waals surface area contributed by atoms with Crippen molar-refractivity contribution in [2.45, 2.75) is 44.4 Å². The Hall–Kier alpha value is -1.44. The number of pyridine rings is 1. The molecule has 1 aromatic rings. The number of anilines is 2. The van der Waals surface area contributed by atoms with Crippen LogP contribution < -0.4 is 9.80 Å². The average Bonchev–Trinajstić information content (AvgIpc) is 2.57. The fraction of sp³-hybridized carbons (Fsp3) is 0.588. The topological polar surface area (TPSA) is 62.7 Å². The first-order valence-electron chi connectivity index (χ1n) is 8.53. The lowest BCUT2D eigenvalue weighted by atomic mass is 10.2. The molecule has 6 nitrogen and oxygen atoms in total. The fourth-order valence-electron chi connectivity index (χ4n) is 2.44. The molecular weight excluding hydrogens is 358 g/mol. The van der Waals surface area contributed by atoms with Crippen LogP contribution in [0.15, 0.2) is 18.3 Å².